The van der Waals surface area contributed by atoms with Crippen LogP contribution < -0.4 is 4.90 Å². The molecule has 0 saturated carbocycles. The van der Waals surface area contributed by atoms with Gasteiger partial charge in [0.15, 0.2) is 5.60 Å². The molecule has 1 aromatic carbocycles. The van der Waals surface area contributed by atoms with E-state index in [0.29, 0.717) is 23.6 Å². The first-order valence-corrected chi connectivity index (χ1v) is 13.1. The molecule has 3 rings (SSSR count). The molecule has 0 radical (unpaired) electrons. The highest BCUT2D eigenvalue weighted by atomic mass is 35.5. The van der Waals surface area contributed by atoms with Gasteiger partial charge in [0.2, 0.25) is 0 Å². The smallest absolute Gasteiger partial charge is 0.259 e. The van der Waals surface area contributed by atoms with E-state index >= 15 is 0 Å². The molecule has 0 spiro atoms. The molecule has 36 heavy (non-hydrogen) atoms. The first-order valence-electron chi connectivity index (χ1n) is 12.7. The van der Waals surface area contributed by atoms with Crippen LogP contribution >= 0.6 is 11.6 Å². The zero-order chi connectivity index (χ0) is 26.5. The van der Waals surface area contributed by atoms with Gasteiger partial charge in [-0.3, -0.25) is 9.59 Å². The zero-order valence-corrected chi connectivity index (χ0v) is 22.8. The van der Waals surface area contributed by atoms with Crippen molar-refractivity contribution < 1.29 is 14.7 Å². The van der Waals surface area contributed by atoms with Crippen LogP contribution in [0, 0.1) is 11.8 Å². The third-order valence-electron chi connectivity index (χ3n) is 7.24. The summed E-state index contributed by atoms with van der Waals surface area (Å²) in [5, 5.41) is 11.6. The normalized spacial score (nSPS) is 16.1. The highest BCUT2D eigenvalue weighted by Crippen LogP contribution is 2.32. The molecule has 196 valence electrons. The number of halogens is 1. The number of aromatic nitrogens is 1. The Morgan fingerprint density at radius 2 is 1.75 bits per heavy atom. The van der Waals surface area contributed by atoms with Crippen LogP contribution in [-0.2, 0) is 10.4 Å². The van der Waals surface area contributed by atoms with E-state index in [2.05, 4.69) is 9.88 Å². The minimum Gasteiger partial charge on any atom is -0.375 e. The summed E-state index contributed by atoms with van der Waals surface area (Å²) in [6.45, 7) is 6.12. The van der Waals surface area contributed by atoms with Gasteiger partial charge in [0.05, 0.1) is 5.56 Å². The van der Waals surface area contributed by atoms with E-state index < -0.39 is 5.60 Å². The Hall–Kier alpha value is -2.64. The SMILES string of the molecule is CC(C)[C@](O)(C(=O)N(C)CCCC1CCN(c2ccc(C(=O)N(C)C)c(Cl)n2)CC1)c1ccccc1. The Morgan fingerprint density at radius 3 is 2.31 bits per heavy atom. The van der Waals surface area contributed by atoms with Crippen LogP contribution in [0.4, 0.5) is 5.82 Å². The second kappa shape index (κ2) is 12.1. The first kappa shape index (κ1) is 27.9. The lowest BCUT2D eigenvalue weighted by Crippen LogP contribution is -2.49. The molecule has 7 nitrogen and oxygen atoms in total. The van der Waals surface area contributed by atoms with Crippen LogP contribution in [-0.4, -0.2) is 72.5 Å². The van der Waals surface area contributed by atoms with Crippen molar-refractivity contribution in [3.8, 4) is 0 Å². The number of likely N-dealkylation sites (N-methyl/N-ethyl adjacent to an activating group) is 1. The topological polar surface area (TPSA) is 77.0 Å². The van der Waals surface area contributed by atoms with Crippen LogP contribution in [0.25, 0.3) is 0 Å². The second-order valence-electron chi connectivity index (χ2n) is 10.3. The van der Waals surface area contributed by atoms with Crippen molar-refractivity contribution in [3.63, 3.8) is 0 Å². The van der Waals surface area contributed by atoms with Crippen LogP contribution in [0.1, 0.15) is 55.5 Å². The lowest BCUT2D eigenvalue weighted by atomic mass is 9.82. The van der Waals surface area contributed by atoms with Crippen LogP contribution in [0.3, 0.4) is 0 Å². The van der Waals surface area contributed by atoms with Gasteiger partial charge in [0, 0.05) is 40.8 Å². The first-order chi connectivity index (χ1) is 17.1. The number of anilines is 1. The summed E-state index contributed by atoms with van der Waals surface area (Å²) in [5.41, 5.74) is -0.477. The summed E-state index contributed by atoms with van der Waals surface area (Å²) in [6.07, 6.45) is 3.99. The van der Waals surface area contributed by atoms with Gasteiger partial charge < -0.3 is 19.8 Å². The van der Waals surface area contributed by atoms with Gasteiger partial charge in [0.25, 0.3) is 11.8 Å². The minimum atomic E-state index is -1.53. The van der Waals surface area contributed by atoms with Crippen molar-refractivity contribution >= 4 is 29.2 Å². The summed E-state index contributed by atoms with van der Waals surface area (Å²) in [5.74, 6) is 0.728. The molecule has 8 heteroatoms. The summed E-state index contributed by atoms with van der Waals surface area (Å²) in [4.78, 5) is 35.3. The standard InChI is InChI=1S/C28H39ClN4O3/c1-20(2)28(36,22-11-7-6-8-12-22)27(35)32(5)17-9-10-21-15-18-33(19-16-21)24-14-13-23(25(29)30-24)26(34)31(3)4/h6-8,11-14,20-21,36H,9-10,15-19H2,1-5H3/t28-/m1/s1. The van der Waals surface area contributed by atoms with Gasteiger partial charge in [-0.2, -0.15) is 0 Å². The highest BCUT2D eigenvalue weighted by Gasteiger charge is 2.42. The number of aliphatic hydroxyl groups is 1. The Bertz CT molecular complexity index is 1040. The fourth-order valence-corrected chi connectivity index (χ4v) is 5.09. The average molecular weight is 515 g/mol. The van der Waals surface area contributed by atoms with Crippen molar-refractivity contribution in [2.24, 2.45) is 11.8 Å². The number of benzene rings is 1. The van der Waals surface area contributed by atoms with E-state index in [-0.39, 0.29) is 22.9 Å². The fourth-order valence-electron chi connectivity index (χ4n) is 4.86. The Kier molecular flexibility index (Phi) is 9.36. The van der Waals surface area contributed by atoms with Gasteiger partial charge in [-0.15, -0.1) is 0 Å². The van der Waals surface area contributed by atoms with Gasteiger partial charge in [-0.05, 0) is 55.2 Å². The molecule has 1 N–H and O–H groups in total. The summed E-state index contributed by atoms with van der Waals surface area (Å²) in [7, 11) is 5.17. The van der Waals surface area contributed by atoms with Crippen molar-refractivity contribution in [2.75, 3.05) is 45.7 Å². The van der Waals surface area contributed by atoms with E-state index in [9.17, 15) is 14.7 Å². The fraction of sp³-hybridized carbons (Fsp3) is 0.536. The molecule has 1 aromatic heterocycles. The van der Waals surface area contributed by atoms with Crippen LogP contribution in [0.5, 0.6) is 0 Å². The lowest BCUT2D eigenvalue weighted by Gasteiger charge is -2.35. The molecule has 0 aliphatic carbocycles. The number of pyridine rings is 1. The molecule has 1 fully saturated rings. The molecule has 2 aromatic rings. The maximum atomic E-state index is 13.2. The summed E-state index contributed by atoms with van der Waals surface area (Å²) < 4.78 is 0. The van der Waals surface area contributed by atoms with E-state index in [1.54, 1.807) is 32.1 Å². The quantitative estimate of drug-likeness (QED) is 0.501. The van der Waals surface area contributed by atoms with E-state index in [1.807, 2.05) is 50.2 Å². The number of hydrogen-bond donors (Lipinski definition) is 1. The van der Waals surface area contributed by atoms with E-state index in [1.165, 1.54) is 4.90 Å². The third kappa shape index (κ3) is 6.19. The molecular weight excluding hydrogens is 476 g/mol. The Balaban J connectivity index is 1.49. The van der Waals surface area contributed by atoms with Crippen molar-refractivity contribution in [3.05, 3.63) is 58.7 Å². The Morgan fingerprint density at radius 1 is 1.11 bits per heavy atom. The molecule has 2 amide bonds. The van der Waals surface area contributed by atoms with E-state index in [0.717, 1.165) is 44.6 Å². The molecule has 2 heterocycles. The number of hydrogen-bond acceptors (Lipinski definition) is 5. The van der Waals surface area contributed by atoms with Crippen molar-refractivity contribution in [2.45, 2.75) is 45.1 Å². The summed E-state index contributed by atoms with van der Waals surface area (Å²) in [6, 6.07) is 12.8. The van der Waals surface area contributed by atoms with Crippen molar-refractivity contribution in [1.82, 2.24) is 14.8 Å². The monoisotopic (exact) mass is 514 g/mol. The lowest BCUT2D eigenvalue weighted by molar-refractivity contribution is -0.156. The number of piperidine rings is 1. The molecule has 0 bridgehead atoms. The Labute approximate surface area is 220 Å². The number of carbonyl (C=O) groups is 2. The molecule has 1 aliphatic heterocycles. The van der Waals surface area contributed by atoms with Crippen molar-refractivity contribution in [1.29, 1.82) is 0 Å². The predicted octanol–water partition coefficient (Wildman–Crippen LogP) is 4.44. The van der Waals surface area contributed by atoms with Crippen LogP contribution in [0.15, 0.2) is 42.5 Å². The molecule has 1 saturated heterocycles. The highest BCUT2D eigenvalue weighted by molar-refractivity contribution is 6.32. The second-order valence-corrected chi connectivity index (χ2v) is 10.7. The summed E-state index contributed by atoms with van der Waals surface area (Å²) >= 11 is 6.30. The molecular formula is C28H39ClN4O3. The van der Waals surface area contributed by atoms with Crippen LogP contribution in [0.2, 0.25) is 5.15 Å². The van der Waals surface area contributed by atoms with Gasteiger partial charge in [-0.25, -0.2) is 4.98 Å². The van der Waals surface area contributed by atoms with Gasteiger partial charge in [0.1, 0.15) is 11.0 Å². The molecule has 0 unspecified atom stereocenters. The third-order valence-corrected chi connectivity index (χ3v) is 7.53. The van der Waals surface area contributed by atoms with Gasteiger partial charge in [-0.1, -0.05) is 55.8 Å². The zero-order valence-electron chi connectivity index (χ0n) is 22.1. The molecule has 1 atom stereocenters. The number of carbonyl (C=O) groups excluding carboxylic acids is 2. The number of rotatable bonds is 9. The minimum absolute atomic E-state index is 0.156. The average Bonchev–Trinajstić information content (AvgIpc) is 2.88. The van der Waals surface area contributed by atoms with E-state index in [4.69, 9.17) is 11.6 Å². The predicted molar refractivity (Wildman–Crippen MR) is 144 cm³/mol. The molecule has 1 aliphatic rings. The maximum Gasteiger partial charge on any atom is 0.259 e. The number of amides is 2. The maximum absolute atomic E-state index is 13.2. The largest absolute Gasteiger partial charge is 0.375 e. The number of nitrogens with zero attached hydrogens (tertiary/aromatic N) is 4. The van der Waals surface area contributed by atoms with Gasteiger partial charge >= 0.3 is 0 Å².